The third-order valence-corrected chi connectivity index (χ3v) is 7.42. The fourth-order valence-electron chi connectivity index (χ4n) is 5.59. The van der Waals surface area contributed by atoms with Crippen molar-refractivity contribution in [2.75, 3.05) is 23.3 Å². The molecule has 3 unspecified atom stereocenters. The first-order valence-electron chi connectivity index (χ1n) is 12.4. The normalized spacial score (nSPS) is 24.8. The molecule has 1 saturated heterocycles. The van der Waals surface area contributed by atoms with Crippen LogP contribution in [0.15, 0.2) is 23.0 Å². The van der Waals surface area contributed by atoms with Gasteiger partial charge in [-0.15, -0.1) is 0 Å². The standard InChI is InChI=1S/C25H32N6O2/c26-15-18-14-17-6-1-2-8-20(17)28-25(18)27-16-19-7-3-4-13-30(19)23-11-12-24(33)31(29-23)21-9-5-10-22(21)32/h11-12,14,19,21-22,32H,1-10,13,16H2,(H,27,28). The molecule has 2 aromatic rings. The zero-order chi connectivity index (χ0) is 22.8. The van der Waals surface area contributed by atoms with Gasteiger partial charge >= 0.3 is 0 Å². The lowest BCUT2D eigenvalue weighted by Crippen LogP contribution is -2.45. The zero-order valence-corrected chi connectivity index (χ0v) is 19.0. The molecule has 0 bridgehead atoms. The van der Waals surface area contributed by atoms with Gasteiger partial charge in [-0.1, -0.05) is 0 Å². The predicted molar refractivity (Wildman–Crippen MR) is 126 cm³/mol. The Balaban J connectivity index is 1.36. The maximum absolute atomic E-state index is 12.5. The van der Waals surface area contributed by atoms with E-state index in [0.29, 0.717) is 24.3 Å². The molecule has 1 aliphatic heterocycles. The molecule has 2 aromatic heterocycles. The summed E-state index contributed by atoms with van der Waals surface area (Å²) in [5.74, 6) is 1.45. The van der Waals surface area contributed by atoms with E-state index in [0.717, 1.165) is 75.8 Å². The number of hydrogen-bond donors (Lipinski definition) is 2. The van der Waals surface area contributed by atoms with Crippen LogP contribution in [0.25, 0.3) is 0 Å². The maximum atomic E-state index is 12.5. The highest BCUT2D eigenvalue weighted by Gasteiger charge is 2.30. The summed E-state index contributed by atoms with van der Waals surface area (Å²) >= 11 is 0. The Morgan fingerprint density at radius 2 is 2.00 bits per heavy atom. The van der Waals surface area contributed by atoms with Crippen LogP contribution >= 0.6 is 0 Å². The minimum atomic E-state index is -0.510. The van der Waals surface area contributed by atoms with Crippen LogP contribution in [0.1, 0.15) is 74.2 Å². The third kappa shape index (κ3) is 4.47. The van der Waals surface area contributed by atoms with Crippen molar-refractivity contribution in [3.63, 3.8) is 0 Å². The average Bonchev–Trinajstić information content (AvgIpc) is 3.28. The number of aryl methyl sites for hydroxylation is 2. The first-order chi connectivity index (χ1) is 16.1. The lowest BCUT2D eigenvalue weighted by atomic mass is 9.95. The van der Waals surface area contributed by atoms with Crippen LogP contribution in [0.3, 0.4) is 0 Å². The van der Waals surface area contributed by atoms with Gasteiger partial charge in [0.1, 0.15) is 17.7 Å². The summed E-state index contributed by atoms with van der Waals surface area (Å²) in [5.41, 5.74) is 2.78. The largest absolute Gasteiger partial charge is 0.391 e. The molecule has 3 atom stereocenters. The predicted octanol–water partition coefficient (Wildman–Crippen LogP) is 2.95. The number of aromatic nitrogens is 3. The van der Waals surface area contributed by atoms with Gasteiger partial charge in [0.25, 0.3) is 5.56 Å². The molecule has 8 nitrogen and oxygen atoms in total. The van der Waals surface area contributed by atoms with E-state index in [1.165, 1.54) is 10.2 Å². The molecule has 2 fully saturated rings. The van der Waals surface area contributed by atoms with Crippen LogP contribution < -0.4 is 15.8 Å². The molecule has 0 aromatic carbocycles. The fraction of sp³-hybridized carbons (Fsp3) is 0.600. The van der Waals surface area contributed by atoms with E-state index < -0.39 is 6.10 Å². The molecule has 1 saturated carbocycles. The van der Waals surface area contributed by atoms with Crippen molar-refractivity contribution in [1.82, 2.24) is 14.8 Å². The zero-order valence-electron chi connectivity index (χ0n) is 19.0. The summed E-state index contributed by atoms with van der Waals surface area (Å²) in [5, 5.41) is 28.1. The molecule has 0 radical (unpaired) electrons. The molecule has 174 valence electrons. The SMILES string of the molecule is N#Cc1cc2c(nc1NCC1CCCCN1c1ccc(=O)n(C3CCCC3O)n1)CCCC2. The van der Waals surface area contributed by atoms with Crippen molar-refractivity contribution in [1.29, 1.82) is 5.26 Å². The first kappa shape index (κ1) is 21.9. The van der Waals surface area contributed by atoms with Gasteiger partial charge in [-0.05, 0) is 81.9 Å². The lowest BCUT2D eigenvalue weighted by molar-refractivity contribution is 0.127. The van der Waals surface area contributed by atoms with Crippen molar-refractivity contribution in [2.45, 2.75) is 82.4 Å². The molecule has 0 spiro atoms. The summed E-state index contributed by atoms with van der Waals surface area (Å²) in [6.45, 7) is 1.53. The quantitative estimate of drug-likeness (QED) is 0.724. The third-order valence-electron chi connectivity index (χ3n) is 7.42. The van der Waals surface area contributed by atoms with Crippen LogP contribution in [0, 0.1) is 11.3 Å². The molecule has 2 aliphatic carbocycles. The Labute approximate surface area is 194 Å². The Bertz CT molecular complexity index is 1110. The number of nitrogens with zero attached hydrogens (tertiary/aromatic N) is 5. The summed E-state index contributed by atoms with van der Waals surface area (Å²) in [6, 6.07) is 7.65. The molecule has 0 amide bonds. The van der Waals surface area contributed by atoms with Crippen molar-refractivity contribution in [3.8, 4) is 6.07 Å². The smallest absolute Gasteiger partial charge is 0.267 e. The van der Waals surface area contributed by atoms with Crippen LogP contribution in [0.2, 0.25) is 0 Å². The van der Waals surface area contributed by atoms with Gasteiger partial charge in [-0.25, -0.2) is 9.67 Å². The second-order valence-corrected chi connectivity index (χ2v) is 9.57. The topological polar surface area (TPSA) is 107 Å². The van der Waals surface area contributed by atoms with Gasteiger partial charge in [-0.2, -0.15) is 10.4 Å². The van der Waals surface area contributed by atoms with E-state index in [4.69, 9.17) is 10.1 Å². The molecular weight excluding hydrogens is 416 g/mol. The van der Waals surface area contributed by atoms with E-state index in [1.54, 1.807) is 12.1 Å². The lowest BCUT2D eigenvalue weighted by Gasteiger charge is -2.37. The van der Waals surface area contributed by atoms with Crippen molar-refractivity contribution in [2.24, 2.45) is 0 Å². The number of aliphatic hydroxyl groups excluding tert-OH is 1. The molecular formula is C25H32N6O2. The summed E-state index contributed by atoms with van der Waals surface area (Å²) in [7, 11) is 0. The Morgan fingerprint density at radius 3 is 2.82 bits per heavy atom. The second-order valence-electron chi connectivity index (χ2n) is 9.57. The summed E-state index contributed by atoms with van der Waals surface area (Å²) < 4.78 is 1.49. The van der Waals surface area contributed by atoms with Gasteiger partial charge in [0.15, 0.2) is 0 Å². The van der Waals surface area contributed by atoms with Gasteiger partial charge in [0.05, 0.1) is 17.7 Å². The highest BCUT2D eigenvalue weighted by Crippen LogP contribution is 2.30. The fourth-order valence-corrected chi connectivity index (χ4v) is 5.59. The van der Waals surface area contributed by atoms with Crippen LogP contribution in [0.4, 0.5) is 11.6 Å². The van der Waals surface area contributed by atoms with E-state index in [-0.39, 0.29) is 17.6 Å². The highest BCUT2D eigenvalue weighted by molar-refractivity contribution is 5.55. The number of anilines is 2. The van der Waals surface area contributed by atoms with Gasteiger partial charge in [0, 0.05) is 30.9 Å². The van der Waals surface area contributed by atoms with E-state index in [9.17, 15) is 15.2 Å². The minimum Gasteiger partial charge on any atom is -0.391 e. The van der Waals surface area contributed by atoms with E-state index >= 15 is 0 Å². The van der Waals surface area contributed by atoms with Gasteiger partial charge in [-0.3, -0.25) is 4.79 Å². The summed E-state index contributed by atoms with van der Waals surface area (Å²) in [4.78, 5) is 19.6. The maximum Gasteiger partial charge on any atom is 0.267 e. The van der Waals surface area contributed by atoms with Gasteiger partial charge < -0.3 is 15.3 Å². The van der Waals surface area contributed by atoms with Crippen LogP contribution in [-0.2, 0) is 12.8 Å². The Morgan fingerprint density at radius 1 is 1.12 bits per heavy atom. The molecule has 5 rings (SSSR count). The second kappa shape index (κ2) is 9.52. The average molecular weight is 449 g/mol. The minimum absolute atomic E-state index is 0.159. The number of piperidine rings is 1. The van der Waals surface area contributed by atoms with Gasteiger partial charge in [0.2, 0.25) is 0 Å². The number of hydrogen-bond acceptors (Lipinski definition) is 7. The summed E-state index contributed by atoms with van der Waals surface area (Å²) in [6.07, 6.45) is 9.41. The molecule has 2 N–H and O–H groups in total. The Kier molecular flexibility index (Phi) is 6.32. The number of nitriles is 1. The molecule has 33 heavy (non-hydrogen) atoms. The first-order valence-corrected chi connectivity index (χ1v) is 12.4. The number of aliphatic hydroxyl groups is 1. The highest BCUT2D eigenvalue weighted by atomic mass is 16.3. The molecule has 3 heterocycles. The van der Waals surface area contributed by atoms with E-state index in [1.807, 2.05) is 6.07 Å². The molecule has 3 aliphatic rings. The van der Waals surface area contributed by atoms with Crippen LogP contribution in [-0.4, -0.2) is 45.1 Å². The number of rotatable bonds is 5. The monoisotopic (exact) mass is 448 g/mol. The van der Waals surface area contributed by atoms with E-state index in [2.05, 4.69) is 16.3 Å². The van der Waals surface area contributed by atoms with Crippen molar-refractivity contribution in [3.05, 3.63) is 45.4 Å². The Hall–Kier alpha value is -2.92. The molecule has 8 heteroatoms. The van der Waals surface area contributed by atoms with Crippen LogP contribution in [0.5, 0.6) is 0 Å². The van der Waals surface area contributed by atoms with Crippen molar-refractivity contribution < 1.29 is 5.11 Å². The number of fused-ring (bicyclic) bond motifs is 1. The van der Waals surface area contributed by atoms with Crippen molar-refractivity contribution >= 4 is 11.6 Å². The number of nitrogens with one attached hydrogen (secondary N) is 1. The number of pyridine rings is 1.